The Balaban J connectivity index is 2.50. The molecule has 0 radical (unpaired) electrons. The average molecular weight is 149 g/mol. The van der Waals surface area contributed by atoms with Crippen LogP contribution in [0.4, 0.5) is 5.69 Å². The van der Waals surface area contributed by atoms with Gasteiger partial charge < -0.3 is 10.4 Å². The highest BCUT2D eigenvalue weighted by Crippen LogP contribution is 2.33. The number of phenols is 1. The van der Waals surface area contributed by atoms with Gasteiger partial charge in [0, 0.05) is 24.2 Å². The van der Waals surface area contributed by atoms with Crippen molar-refractivity contribution in [2.75, 3.05) is 11.9 Å². The summed E-state index contributed by atoms with van der Waals surface area (Å²) in [5.41, 5.74) is 2.39. The van der Waals surface area contributed by atoms with Crippen LogP contribution in [-0.4, -0.2) is 11.7 Å². The van der Waals surface area contributed by atoms with Crippen molar-refractivity contribution < 1.29 is 5.11 Å². The quantitative estimate of drug-likeness (QED) is 0.590. The Morgan fingerprint density at radius 1 is 1.55 bits per heavy atom. The summed E-state index contributed by atoms with van der Waals surface area (Å²) < 4.78 is 0. The molecule has 0 amide bonds. The van der Waals surface area contributed by atoms with Crippen LogP contribution in [0.5, 0.6) is 5.75 Å². The smallest absolute Gasteiger partial charge is 0.117 e. The van der Waals surface area contributed by atoms with E-state index in [9.17, 15) is 0 Å². The lowest BCUT2D eigenvalue weighted by atomic mass is 10.0. The molecule has 1 aromatic carbocycles. The highest BCUT2D eigenvalue weighted by Gasteiger charge is 2.17. The number of phenolic OH excluding ortho intramolecular Hbond substituents is 1. The number of anilines is 1. The number of fused-ring (bicyclic) bond motifs is 1. The zero-order chi connectivity index (χ0) is 7.84. The monoisotopic (exact) mass is 149 g/mol. The van der Waals surface area contributed by atoms with Gasteiger partial charge in [0.1, 0.15) is 5.75 Å². The van der Waals surface area contributed by atoms with Gasteiger partial charge in [-0.2, -0.15) is 0 Å². The van der Waals surface area contributed by atoms with Gasteiger partial charge in [-0.05, 0) is 11.6 Å². The summed E-state index contributed by atoms with van der Waals surface area (Å²) in [5.74, 6) is 0.913. The molecule has 2 nitrogen and oxygen atoms in total. The van der Waals surface area contributed by atoms with Crippen molar-refractivity contribution in [3.05, 3.63) is 23.8 Å². The van der Waals surface area contributed by atoms with Crippen LogP contribution in [-0.2, 0) is 0 Å². The number of hydrogen-bond donors (Lipinski definition) is 2. The Kier molecular flexibility index (Phi) is 1.28. The van der Waals surface area contributed by atoms with Gasteiger partial charge in [0.25, 0.3) is 0 Å². The zero-order valence-corrected chi connectivity index (χ0v) is 6.46. The molecule has 0 bridgehead atoms. The molecular weight excluding hydrogens is 138 g/mol. The number of rotatable bonds is 0. The van der Waals surface area contributed by atoms with Crippen molar-refractivity contribution in [2.24, 2.45) is 0 Å². The summed E-state index contributed by atoms with van der Waals surface area (Å²) in [6.45, 7) is 3.16. The predicted octanol–water partition coefficient (Wildman–Crippen LogP) is 1.92. The van der Waals surface area contributed by atoms with Crippen LogP contribution in [0.1, 0.15) is 18.4 Å². The van der Waals surface area contributed by atoms with Gasteiger partial charge in [0.2, 0.25) is 0 Å². The highest BCUT2D eigenvalue weighted by molar-refractivity contribution is 5.60. The minimum Gasteiger partial charge on any atom is -0.508 e. The standard InChI is InChI=1S/C9H11NO/c1-6-5-10-9-4-7(11)2-3-8(6)9/h2-4,6,10-11H,5H2,1H3. The topological polar surface area (TPSA) is 32.3 Å². The van der Waals surface area contributed by atoms with E-state index in [1.807, 2.05) is 6.07 Å². The SMILES string of the molecule is CC1CNc2cc(O)ccc21. The van der Waals surface area contributed by atoms with Gasteiger partial charge in [-0.25, -0.2) is 0 Å². The van der Waals surface area contributed by atoms with E-state index in [0.717, 1.165) is 12.2 Å². The Morgan fingerprint density at radius 2 is 2.36 bits per heavy atom. The number of nitrogens with one attached hydrogen (secondary N) is 1. The Bertz CT molecular complexity index is 283. The minimum absolute atomic E-state index is 0.338. The van der Waals surface area contributed by atoms with Crippen molar-refractivity contribution >= 4 is 5.69 Å². The third-order valence-corrected chi connectivity index (χ3v) is 2.17. The van der Waals surface area contributed by atoms with Gasteiger partial charge in [0.05, 0.1) is 0 Å². The van der Waals surface area contributed by atoms with Gasteiger partial charge >= 0.3 is 0 Å². The summed E-state index contributed by atoms with van der Waals surface area (Å²) in [7, 11) is 0. The number of aromatic hydroxyl groups is 1. The first-order valence-electron chi connectivity index (χ1n) is 3.84. The maximum absolute atomic E-state index is 9.14. The number of hydrogen-bond acceptors (Lipinski definition) is 2. The van der Waals surface area contributed by atoms with Crippen LogP contribution in [0, 0.1) is 0 Å². The lowest BCUT2D eigenvalue weighted by molar-refractivity contribution is 0.475. The zero-order valence-electron chi connectivity index (χ0n) is 6.46. The van der Waals surface area contributed by atoms with E-state index in [1.165, 1.54) is 5.56 Å². The van der Waals surface area contributed by atoms with Crippen molar-refractivity contribution in [3.8, 4) is 5.75 Å². The Labute approximate surface area is 65.9 Å². The fourth-order valence-corrected chi connectivity index (χ4v) is 1.50. The van der Waals surface area contributed by atoms with E-state index in [2.05, 4.69) is 12.2 Å². The summed E-state index contributed by atoms with van der Waals surface area (Å²) in [5, 5.41) is 12.4. The Morgan fingerprint density at radius 3 is 3.18 bits per heavy atom. The molecule has 1 unspecified atom stereocenters. The molecule has 1 aliphatic rings. The number of benzene rings is 1. The van der Waals surface area contributed by atoms with E-state index in [4.69, 9.17) is 5.11 Å². The van der Waals surface area contributed by atoms with E-state index >= 15 is 0 Å². The molecule has 0 saturated heterocycles. The van der Waals surface area contributed by atoms with Crippen LogP contribution in [0.2, 0.25) is 0 Å². The van der Waals surface area contributed by atoms with Gasteiger partial charge in [-0.1, -0.05) is 13.0 Å². The molecule has 0 fully saturated rings. The van der Waals surface area contributed by atoms with Crippen molar-refractivity contribution in [3.63, 3.8) is 0 Å². The maximum atomic E-state index is 9.14. The van der Waals surface area contributed by atoms with Crippen molar-refractivity contribution in [2.45, 2.75) is 12.8 Å². The van der Waals surface area contributed by atoms with E-state index in [-0.39, 0.29) is 0 Å². The summed E-state index contributed by atoms with van der Waals surface area (Å²) in [6, 6.07) is 5.50. The summed E-state index contributed by atoms with van der Waals surface area (Å²) >= 11 is 0. The first-order chi connectivity index (χ1) is 5.27. The molecule has 0 aliphatic carbocycles. The predicted molar refractivity (Wildman–Crippen MR) is 45.0 cm³/mol. The third-order valence-electron chi connectivity index (χ3n) is 2.17. The molecule has 1 aromatic rings. The maximum Gasteiger partial charge on any atom is 0.117 e. The second kappa shape index (κ2) is 2.16. The molecular formula is C9H11NO. The van der Waals surface area contributed by atoms with Gasteiger partial charge in [-0.3, -0.25) is 0 Å². The van der Waals surface area contributed by atoms with Crippen LogP contribution < -0.4 is 5.32 Å². The molecule has 1 aliphatic heterocycles. The molecule has 2 heteroatoms. The first-order valence-corrected chi connectivity index (χ1v) is 3.84. The molecule has 1 heterocycles. The Hall–Kier alpha value is -1.18. The molecule has 0 spiro atoms. The van der Waals surface area contributed by atoms with E-state index in [0.29, 0.717) is 11.7 Å². The van der Waals surface area contributed by atoms with E-state index < -0.39 is 0 Å². The summed E-state index contributed by atoms with van der Waals surface area (Å²) in [4.78, 5) is 0. The summed E-state index contributed by atoms with van der Waals surface area (Å²) in [6.07, 6.45) is 0. The average Bonchev–Trinajstić information content (AvgIpc) is 2.32. The second-order valence-corrected chi connectivity index (χ2v) is 3.05. The van der Waals surface area contributed by atoms with Crippen molar-refractivity contribution in [1.29, 1.82) is 0 Å². The molecule has 58 valence electrons. The molecule has 1 atom stereocenters. The molecule has 11 heavy (non-hydrogen) atoms. The van der Waals surface area contributed by atoms with Crippen LogP contribution in [0.25, 0.3) is 0 Å². The van der Waals surface area contributed by atoms with Crippen LogP contribution in [0.15, 0.2) is 18.2 Å². The molecule has 2 rings (SSSR count). The minimum atomic E-state index is 0.338. The second-order valence-electron chi connectivity index (χ2n) is 3.05. The van der Waals surface area contributed by atoms with E-state index in [1.54, 1.807) is 12.1 Å². The van der Waals surface area contributed by atoms with Crippen LogP contribution >= 0.6 is 0 Å². The third kappa shape index (κ3) is 0.946. The normalized spacial score (nSPS) is 21.0. The first kappa shape index (κ1) is 6.53. The molecule has 0 saturated carbocycles. The van der Waals surface area contributed by atoms with Gasteiger partial charge in [0.15, 0.2) is 0 Å². The van der Waals surface area contributed by atoms with Gasteiger partial charge in [-0.15, -0.1) is 0 Å². The highest BCUT2D eigenvalue weighted by atomic mass is 16.3. The molecule has 0 aromatic heterocycles. The van der Waals surface area contributed by atoms with Crippen molar-refractivity contribution in [1.82, 2.24) is 0 Å². The lowest BCUT2D eigenvalue weighted by Gasteiger charge is -2.01. The largest absolute Gasteiger partial charge is 0.508 e. The van der Waals surface area contributed by atoms with Crippen LogP contribution in [0.3, 0.4) is 0 Å². The fourth-order valence-electron chi connectivity index (χ4n) is 1.50. The lowest BCUT2D eigenvalue weighted by Crippen LogP contribution is -1.95. The molecule has 2 N–H and O–H groups in total. The fraction of sp³-hybridized carbons (Fsp3) is 0.333.